The van der Waals surface area contributed by atoms with Crippen LogP contribution in [0.3, 0.4) is 0 Å². The Hall–Kier alpha value is -3.47. The van der Waals surface area contributed by atoms with E-state index in [9.17, 15) is 23.6 Å². The summed E-state index contributed by atoms with van der Waals surface area (Å²) in [4.78, 5) is 48.0. The molecule has 0 aliphatic carbocycles. The van der Waals surface area contributed by atoms with E-state index in [-0.39, 0.29) is 28.5 Å². The molecule has 0 fully saturated rings. The summed E-state index contributed by atoms with van der Waals surface area (Å²) in [5.41, 5.74) is 6.39. The Bertz CT molecular complexity index is 990. The van der Waals surface area contributed by atoms with Crippen LogP contribution in [0.4, 0.5) is 14.2 Å². The van der Waals surface area contributed by atoms with E-state index in [4.69, 9.17) is 10.8 Å². The number of anilines is 1. The van der Waals surface area contributed by atoms with Crippen LogP contribution in [0.1, 0.15) is 50.4 Å². The number of primary amides is 1. The van der Waals surface area contributed by atoms with Gasteiger partial charge in [-0.15, -0.1) is 11.3 Å². The first kappa shape index (κ1) is 23.8. The van der Waals surface area contributed by atoms with Crippen LogP contribution in [0, 0.1) is 12.7 Å². The molecule has 9 nitrogen and oxygen atoms in total. The molecule has 0 radical (unpaired) electrons. The van der Waals surface area contributed by atoms with Gasteiger partial charge in [-0.05, 0) is 36.6 Å². The lowest BCUT2D eigenvalue weighted by Gasteiger charge is -2.16. The van der Waals surface area contributed by atoms with E-state index in [1.54, 1.807) is 6.92 Å². The molecule has 31 heavy (non-hydrogen) atoms. The van der Waals surface area contributed by atoms with Gasteiger partial charge < -0.3 is 26.8 Å². The van der Waals surface area contributed by atoms with Gasteiger partial charge in [-0.1, -0.05) is 19.1 Å². The number of thiophene rings is 1. The minimum Gasteiger partial charge on any atom is -0.465 e. The Morgan fingerprint density at radius 1 is 1.13 bits per heavy atom. The third-order valence-corrected chi connectivity index (χ3v) is 5.74. The first-order valence-corrected chi connectivity index (χ1v) is 10.2. The van der Waals surface area contributed by atoms with E-state index in [1.807, 2.05) is 0 Å². The van der Waals surface area contributed by atoms with Gasteiger partial charge in [0.15, 0.2) is 0 Å². The summed E-state index contributed by atoms with van der Waals surface area (Å²) in [6, 6.07) is 5.55. The second-order valence-electron chi connectivity index (χ2n) is 6.61. The van der Waals surface area contributed by atoms with Gasteiger partial charge in [-0.2, -0.15) is 0 Å². The number of nitrogens with one attached hydrogen (secondary N) is 3. The lowest BCUT2D eigenvalue weighted by atomic mass is 9.95. The van der Waals surface area contributed by atoms with Gasteiger partial charge in [0.1, 0.15) is 10.8 Å². The van der Waals surface area contributed by atoms with Crippen LogP contribution >= 0.6 is 11.3 Å². The van der Waals surface area contributed by atoms with Crippen molar-refractivity contribution in [2.75, 3.05) is 18.4 Å². The summed E-state index contributed by atoms with van der Waals surface area (Å²) in [6.45, 7) is 3.32. The van der Waals surface area contributed by atoms with Crippen LogP contribution in [-0.2, 0) is 4.79 Å². The first-order chi connectivity index (χ1) is 14.6. The van der Waals surface area contributed by atoms with Gasteiger partial charge in [-0.3, -0.25) is 14.4 Å². The van der Waals surface area contributed by atoms with Crippen molar-refractivity contribution in [2.24, 2.45) is 5.73 Å². The lowest BCUT2D eigenvalue weighted by molar-refractivity contribution is -0.117. The molecule has 0 spiro atoms. The minimum atomic E-state index is -1.23. The van der Waals surface area contributed by atoms with Crippen LogP contribution in [0.25, 0.3) is 0 Å². The highest BCUT2D eigenvalue weighted by Crippen LogP contribution is 2.34. The Kier molecular flexibility index (Phi) is 8.08. The monoisotopic (exact) mass is 450 g/mol. The smallest absolute Gasteiger partial charge is 0.404 e. The average molecular weight is 450 g/mol. The summed E-state index contributed by atoms with van der Waals surface area (Å²) in [7, 11) is 0. The first-order valence-electron chi connectivity index (χ1n) is 9.40. The minimum absolute atomic E-state index is 0.00682. The number of carbonyl (C=O) groups excluding carboxylic acids is 3. The second-order valence-corrected chi connectivity index (χ2v) is 7.63. The van der Waals surface area contributed by atoms with Gasteiger partial charge in [-0.25, -0.2) is 9.18 Å². The van der Waals surface area contributed by atoms with Crippen molar-refractivity contribution in [1.82, 2.24) is 10.6 Å². The van der Waals surface area contributed by atoms with Crippen LogP contribution in [0.5, 0.6) is 0 Å². The number of carboxylic acid groups (broad SMARTS) is 1. The van der Waals surface area contributed by atoms with Gasteiger partial charge in [0.05, 0.1) is 16.4 Å². The summed E-state index contributed by atoms with van der Waals surface area (Å²) in [5, 5.41) is 16.1. The molecule has 4 amide bonds. The molecule has 1 aromatic heterocycles. The third-order valence-electron chi connectivity index (χ3n) is 4.52. The van der Waals surface area contributed by atoms with E-state index in [0.717, 1.165) is 11.3 Å². The van der Waals surface area contributed by atoms with Crippen molar-refractivity contribution in [3.8, 4) is 0 Å². The lowest BCUT2D eigenvalue weighted by Crippen LogP contribution is -2.34. The summed E-state index contributed by atoms with van der Waals surface area (Å²) >= 11 is 0.883. The van der Waals surface area contributed by atoms with E-state index < -0.39 is 35.5 Å². The maximum atomic E-state index is 13.2. The molecule has 0 bridgehead atoms. The SMILES string of the molecule is CCC(C(=O)Nc1sc(C(N)=O)c(C)c1C(=O)NCCNC(=O)O)c1ccc(F)cc1. The van der Waals surface area contributed by atoms with Gasteiger partial charge in [0.2, 0.25) is 5.91 Å². The second kappa shape index (κ2) is 10.5. The molecular weight excluding hydrogens is 427 g/mol. The van der Waals surface area contributed by atoms with Crippen molar-refractivity contribution < 1.29 is 28.7 Å². The van der Waals surface area contributed by atoms with Crippen LogP contribution in [0.15, 0.2) is 24.3 Å². The summed E-state index contributed by atoms with van der Waals surface area (Å²) < 4.78 is 13.2. The largest absolute Gasteiger partial charge is 0.465 e. The van der Waals surface area contributed by atoms with Crippen LogP contribution < -0.4 is 21.7 Å². The number of nitrogens with two attached hydrogens (primary N) is 1. The molecule has 2 rings (SSSR count). The zero-order valence-corrected chi connectivity index (χ0v) is 17.8. The maximum Gasteiger partial charge on any atom is 0.404 e. The molecule has 1 heterocycles. The van der Waals surface area contributed by atoms with Gasteiger partial charge in [0, 0.05) is 13.1 Å². The molecule has 0 saturated heterocycles. The van der Waals surface area contributed by atoms with Crippen molar-refractivity contribution in [3.05, 3.63) is 51.7 Å². The van der Waals surface area contributed by atoms with Crippen molar-refractivity contribution in [3.63, 3.8) is 0 Å². The maximum absolute atomic E-state index is 13.2. The zero-order valence-electron chi connectivity index (χ0n) is 17.0. The van der Waals surface area contributed by atoms with E-state index in [0.29, 0.717) is 17.5 Å². The highest BCUT2D eigenvalue weighted by molar-refractivity contribution is 7.18. The highest BCUT2D eigenvalue weighted by Gasteiger charge is 2.27. The molecule has 6 N–H and O–H groups in total. The van der Waals surface area contributed by atoms with Crippen molar-refractivity contribution in [2.45, 2.75) is 26.2 Å². The highest BCUT2D eigenvalue weighted by atomic mass is 32.1. The Morgan fingerprint density at radius 3 is 2.29 bits per heavy atom. The molecule has 0 aliphatic heterocycles. The molecule has 11 heteroatoms. The molecule has 1 atom stereocenters. The molecule has 1 aromatic carbocycles. The number of hydrogen-bond acceptors (Lipinski definition) is 5. The number of rotatable bonds is 9. The zero-order chi connectivity index (χ0) is 23.1. The number of amides is 4. The third kappa shape index (κ3) is 6.01. The van der Waals surface area contributed by atoms with Crippen LogP contribution in [0.2, 0.25) is 0 Å². The van der Waals surface area contributed by atoms with Crippen molar-refractivity contribution in [1.29, 1.82) is 0 Å². The van der Waals surface area contributed by atoms with Crippen LogP contribution in [-0.4, -0.2) is 42.0 Å². The van der Waals surface area contributed by atoms with Crippen molar-refractivity contribution >= 4 is 40.2 Å². The fourth-order valence-electron chi connectivity index (χ4n) is 3.01. The number of hydrogen-bond donors (Lipinski definition) is 5. The predicted molar refractivity (Wildman–Crippen MR) is 114 cm³/mol. The topological polar surface area (TPSA) is 151 Å². The normalized spacial score (nSPS) is 11.5. The number of carbonyl (C=O) groups is 4. The predicted octanol–water partition coefficient (Wildman–Crippen LogP) is 2.42. The summed E-state index contributed by atoms with van der Waals surface area (Å²) in [6.07, 6.45) is -0.802. The van der Waals surface area contributed by atoms with E-state index in [1.165, 1.54) is 31.2 Å². The standard InChI is InChI=1S/C20H23FN4O5S/c1-3-13(11-4-6-12(21)7-5-11)17(27)25-19-14(10(2)15(31-19)16(22)26)18(28)23-8-9-24-20(29)30/h4-7,13,24H,3,8-9H2,1-2H3,(H2,22,26)(H,23,28)(H,25,27)(H,29,30). The molecule has 0 saturated carbocycles. The summed E-state index contributed by atoms with van der Waals surface area (Å²) in [5.74, 6) is -2.77. The quantitative estimate of drug-likeness (QED) is 0.372. The Morgan fingerprint density at radius 2 is 1.74 bits per heavy atom. The van der Waals surface area contributed by atoms with E-state index >= 15 is 0 Å². The molecule has 1 unspecified atom stereocenters. The Labute approximate surface area is 181 Å². The molecule has 0 aliphatic rings. The van der Waals surface area contributed by atoms with E-state index in [2.05, 4.69) is 16.0 Å². The molecule has 166 valence electrons. The fourth-order valence-corrected chi connectivity index (χ4v) is 4.07. The molecule has 2 aromatic rings. The molecular formula is C20H23FN4O5S. The number of benzene rings is 1. The fraction of sp³-hybridized carbons (Fsp3) is 0.300. The number of halogens is 1. The Balaban J connectivity index is 2.27. The van der Waals surface area contributed by atoms with Gasteiger partial charge in [0.25, 0.3) is 11.8 Å². The van der Waals surface area contributed by atoms with Gasteiger partial charge >= 0.3 is 6.09 Å². The average Bonchev–Trinajstić information content (AvgIpc) is 3.03.